The van der Waals surface area contributed by atoms with E-state index in [1.807, 2.05) is 62.9 Å². The lowest BCUT2D eigenvalue weighted by Gasteiger charge is -2.43. The molecule has 8 heteroatoms. The number of likely N-dealkylation sites (tertiary alicyclic amines) is 1. The van der Waals surface area contributed by atoms with E-state index in [2.05, 4.69) is 25.7 Å². The average molecular weight is 483 g/mol. The van der Waals surface area contributed by atoms with Crippen LogP contribution in [-0.2, 0) is 21.5 Å². The molecular formula is C27H38N4O4. The highest BCUT2D eigenvalue weighted by Gasteiger charge is 2.54. The molecule has 1 spiro atoms. The Hall–Kier alpha value is -3.03. The van der Waals surface area contributed by atoms with Gasteiger partial charge in [-0.15, -0.1) is 0 Å². The first kappa shape index (κ1) is 25.1. The molecule has 0 N–H and O–H groups in total. The number of anilines is 1. The smallest absolute Gasteiger partial charge is 0.410 e. The van der Waals surface area contributed by atoms with Gasteiger partial charge in [-0.3, -0.25) is 4.79 Å². The number of carbonyl (C=O) groups is 2. The molecule has 2 aliphatic heterocycles. The molecule has 2 amide bonds. The number of hydrogen-bond acceptors (Lipinski definition) is 6. The summed E-state index contributed by atoms with van der Waals surface area (Å²) in [6.45, 7) is 15.5. The van der Waals surface area contributed by atoms with E-state index in [9.17, 15) is 9.59 Å². The highest BCUT2D eigenvalue weighted by Crippen LogP contribution is 2.40. The minimum absolute atomic E-state index is 0.0740. The van der Waals surface area contributed by atoms with E-state index in [1.54, 1.807) is 4.90 Å². The zero-order chi connectivity index (χ0) is 25.6. The minimum Gasteiger partial charge on any atom is -0.445 e. The number of piperidine rings is 1. The van der Waals surface area contributed by atoms with Gasteiger partial charge in [0.2, 0.25) is 5.91 Å². The molecule has 2 fully saturated rings. The van der Waals surface area contributed by atoms with E-state index < -0.39 is 11.1 Å². The maximum absolute atomic E-state index is 14.0. The normalized spacial score (nSPS) is 18.5. The Morgan fingerprint density at radius 2 is 1.71 bits per heavy atom. The van der Waals surface area contributed by atoms with Crippen LogP contribution in [0.15, 0.2) is 34.7 Å². The standard InChI is InChI=1S/C27H38N4O4/c1-19-21(28-22(34-19)25(2,3)4)17-30-18-31(20-11-9-8-10-12-20)27(23(30)32)13-15-29(16-14-27)24(33)35-26(5,6)7/h8-12H,13-18H2,1-7H3. The number of rotatable bonds is 3. The predicted molar refractivity (Wildman–Crippen MR) is 134 cm³/mol. The number of aryl methyl sites for hydroxylation is 1. The van der Waals surface area contributed by atoms with Crippen molar-refractivity contribution in [3.63, 3.8) is 0 Å². The van der Waals surface area contributed by atoms with Gasteiger partial charge in [0.1, 0.15) is 22.6 Å². The van der Waals surface area contributed by atoms with Gasteiger partial charge in [-0.25, -0.2) is 9.78 Å². The van der Waals surface area contributed by atoms with Crippen LogP contribution in [0.2, 0.25) is 0 Å². The molecule has 0 bridgehead atoms. The van der Waals surface area contributed by atoms with Crippen molar-refractivity contribution in [3.05, 3.63) is 47.7 Å². The second-order valence-electron chi connectivity index (χ2n) is 11.7. The monoisotopic (exact) mass is 482 g/mol. The quantitative estimate of drug-likeness (QED) is 0.622. The van der Waals surface area contributed by atoms with Crippen LogP contribution in [-0.4, -0.2) is 57.7 Å². The number of hydrogen-bond donors (Lipinski definition) is 0. The molecule has 8 nitrogen and oxygen atoms in total. The second kappa shape index (κ2) is 8.88. The van der Waals surface area contributed by atoms with Gasteiger partial charge in [0.05, 0.1) is 13.2 Å². The van der Waals surface area contributed by atoms with Crippen molar-refractivity contribution in [2.75, 3.05) is 24.7 Å². The fourth-order valence-electron chi connectivity index (χ4n) is 4.78. The molecule has 1 aromatic carbocycles. The van der Waals surface area contributed by atoms with Crippen LogP contribution in [0.4, 0.5) is 10.5 Å². The number of aromatic nitrogens is 1. The van der Waals surface area contributed by atoms with Crippen LogP contribution in [0.1, 0.15) is 71.7 Å². The number of nitrogens with zero attached hydrogens (tertiary/aromatic N) is 4. The Morgan fingerprint density at radius 1 is 1.09 bits per heavy atom. The zero-order valence-electron chi connectivity index (χ0n) is 22.1. The van der Waals surface area contributed by atoms with E-state index in [-0.39, 0.29) is 17.4 Å². The van der Waals surface area contributed by atoms with Crippen molar-refractivity contribution >= 4 is 17.7 Å². The zero-order valence-corrected chi connectivity index (χ0v) is 22.1. The van der Waals surface area contributed by atoms with Gasteiger partial charge in [0, 0.05) is 24.2 Å². The van der Waals surface area contributed by atoms with Crippen LogP contribution < -0.4 is 4.90 Å². The first-order valence-corrected chi connectivity index (χ1v) is 12.4. The summed E-state index contributed by atoms with van der Waals surface area (Å²) < 4.78 is 11.5. The summed E-state index contributed by atoms with van der Waals surface area (Å²) in [5, 5.41) is 0. The van der Waals surface area contributed by atoms with Crippen molar-refractivity contribution < 1.29 is 18.7 Å². The number of ether oxygens (including phenoxy) is 1. The first-order valence-electron chi connectivity index (χ1n) is 12.4. The summed E-state index contributed by atoms with van der Waals surface area (Å²) >= 11 is 0. The van der Waals surface area contributed by atoms with Crippen molar-refractivity contribution in [3.8, 4) is 0 Å². The predicted octanol–water partition coefficient (Wildman–Crippen LogP) is 4.86. The van der Waals surface area contributed by atoms with Gasteiger partial charge in [0.15, 0.2) is 5.89 Å². The Kier molecular flexibility index (Phi) is 6.36. The van der Waals surface area contributed by atoms with Crippen LogP contribution in [0.5, 0.6) is 0 Å². The van der Waals surface area contributed by atoms with Crippen LogP contribution >= 0.6 is 0 Å². The topological polar surface area (TPSA) is 79.1 Å². The van der Waals surface area contributed by atoms with E-state index in [0.717, 1.165) is 17.1 Å². The molecule has 4 rings (SSSR count). The van der Waals surface area contributed by atoms with Gasteiger partial charge in [-0.05, 0) is 52.7 Å². The molecule has 2 aliphatic rings. The maximum atomic E-state index is 14.0. The summed E-state index contributed by atoms with van der Waals surface area (Å²) in [7, 11) is 0. The molecule has 0 aliphatic carbocycles. The summed E-state index contributed by atoms with van der Waals surface area (Å²) in [6, 6.07) is 10.0. The Morgan fingerprint density at radius 3 is 2.26 bits per heavy atom. The fourth-order valence-corrected chi connectivity index (χ4v) is 4.78. The number of benzene rings is 1. The molecule has 0 atom stereocenters. The molecule has 190 valence electrons. The molecule has 0 radical (unpaired) electrons. The van der Waals surface area contributed by atoms with Crippen LogP contribution in [0.3, 0.4) is 0 Å². The number of para-hydroxylation sites is 1. The lowest BCUT2D eigenvalue weighted by molar-refractivity contribution is -0.134. The summed E-state index contributed by atoms with van der Waals surface area (Å²) in [5.41, 5.74) is 0.332. The van der Waals surface area contributed by atoms with Crippen molar-refractivity contribution in [2.45, 2.75) is 84.4 Å². The second-order valence-corrected chi connectivity index (χ2v) is 11.7. The number of carbonyl (C=O) groups excluding carboxylic acids is 2. The van der Waals surface area contributed by atoms with Crippen molar-refractivity contribution in [1.29, 1.82) is 0 Å². The maximum Gasteiger partial charge on any atom is 0.410 e. The molecular weight excluding hydrogens is 444 g/mol. The molecule has 2 saturated heterocycles. The average Bonchev–Trinajstić information content (AvgIpc) is 3.27. The molecule has 2 aromatic rings. The summed E-state index contributed by atoms with van der Waals surface area (Å²) in [5.74, 6) is 1.50. The van der Waals surface area contributed by atoms with E-state index in [0.29, 0.717) is 45.0 Å². The van der Waals surface area contributed by atoms with Crippen molar-refractivity contribution in [2.24, 2.45) is 0 Å². The van der Waals surface area contributed by atoms with Crippen molar-refractivity contribution in [1.82, 2.24) is 14.8 Å². The highest BCUT2D eigenvalue weighted by atomic mass is 16.6. The molecule has 35 heavy (non-hydrogen) atoms. The van der Waals surface area contributed by atoms with Crippen LogP contribution in [0, 0.1) is 6.92 Å². The number of amides is 2. The van der Waals surface area contributed by atoms with Gasteiger partial charge >= 0.3 is 6.09 Å². The van der Waals surface area contributed by atoms with Crippen LogP contribution in [0.25, 0.3) is 0 Å². The molecule has 0 unspecified atom stereocenters. The van der Waals surface area contributed by atoms with E-state index >= 15 is 0 Å². The molecule has 3 heterocycles. The Labute approximate surface area is 208 Å². The largest absolute Gasteiger partial charge is 0.445 e. The first-order chi connectivity index (χ1) is 16.3. The Balaban J connectivity index is 1.58. The Bertz CT molecular complexity index is 1070. The third kappa shape index (κ3) is 5.02. The lowest BCUT2D eigenvalue weighted by Crippen LogP contribution is -2.57. The summed E-state index contributed by atoms with van der Waals surface area (Å²) in [4.78, 5) is 37.1. The molecule has 0 saturated carbocycles. The molecule has 1 aromatic heterocycles. The van der Waals surface area contributed by atoms with Gasteiger partial charge < -0.3 is 23.9 Å². The summed E-state index contributed by atoms with van der Waals surface area (Å²) in [6.07, 6.45) is 0.761. The highest BCUT2D eigenvalue weighted by molar-refractivity contribution is 5.93. The SMILES string of the molecule is Cc1oc(C(C)(C)C)nc1CN1CN(c2ccccc2)C2(CCN(C(=O)OC(C)(C)C)CC2)C1=O. The van der Waals surface area contributed by atoms with Gasteiger partial charge in [0.25, 0.3) is 0 Å². The number of oxazole rings is 1. The van der Waals surface area contributed by atoms with Gasteiger partial charge in [-0.1, -0.05) is 39.0 Å². The lowest BCUT2D eigenvalue weighted by atomic mass is 9.85. The van der Waals surface area contributed by atoms with E-state index in [1.165, 1.54) is 0 Å². The van der Waals surface area contributed by atoms with Gasteiger partial charge in [-0.2, -0.15) is 0 Å². The fraction of sp³-hybridized carbons (Fsp3) is 0.593. The third-order valence-corrected chi connectivity index (χ3v) is 6.70. The minimum atomic E-state index is -0.704. The van der Waals surface area contributed by atoms with E-state index in [4.69, 9.17) is 14.1 Å². The third-order valence-electron chi connectivity index (χ3n) is 6.70.